The third-order valence-corrected chi connectivity index (χ3v) is 2.89. The van der Waals surface area contributed by atoms with E-state index in [9.17, 15) is 0 Å². The van der Waals surface area contributed by atoms with Crippen LogP contribution in [0.5, 0.6) is 17.2 Å². The van der Waals surface area contributed by atoms with E-state index in [1.807, 2.05) is 12.1 Å². The lowest BCUT2D eigenvalue weighted by atomic mass is 10.1. The van der Waals surface area contributed by atoms with Crippen molar-refractivity contribution in [1.82, 2.24) is 9.78 Å². The molecule has 6 nitrogen and oxygen atoms in total. The maximum absolute atomic E-state index is 5.80. The highest BCUT2D eigenvalue weighted by Crippen LogP contribution is 2.46. The normalized spacial score (nSPS) is 12.8. The number of aromatic nitrogens is 2. The molecule has 0 bridgehead atoms. The predicted molar refractivity (Wildman–Crippen MR) is 65.7 cm³/mol. The number of hydrogen-bond donors (Lipinski definition) is 1. The molecule has 0 saturated heterocycles. The number of ether oxygens (including phenoxy) is 3. The number of rotatable bonds is 2. The molecule has 2 heterocycles. The zero-order chi connectivity index (χ0) is 12.7. The second-order valence-corrected chi connectivity index (χ2v) is 3.95. The molecule has 0 radical (unpaired) electrons. The minimum atomic E-state index is 0.206. The first-order valence-corrected chi connectivity index (χ1v) is 5.47. The smallest absolute Gasteiger partial charge is 0.231 e. The van der Waals surface area contributed by atoms with E-state index in [2.05, 4.69) is 5.10 Å². The van der Waals surface area contributed by atoms with Gasteiger partial charge in [-0.05, 0) is 12.1 Å². The molecule has 0 unspecified atom stereocenters. The summed E-state index contributed by atoms with van der Waals surface area (Å²) in [7, 11) is 3.39. The Kier molecular flexibility index (Phi) is 2.29. The van der Waals surface area contributed by atoms with Gasteiger partial charge >= 0.3 is 0 Å². The summed E-state index contributed by atoms with van der Waals surface area (Å²) < 4.78 is 17.8. The molecule has 6 heteroatoms. The van der Waals surface area contributed by atoms with Crippen molar-refractivity contribution in [3.8, 4) is 28.5 Å². The molecule has 1 aliphatic rings. The van der Waals surface area contributed by atoms with Crippen molar-refractivity contribution in [2.75, 3.05) is 19.6 Å². The topological polar surface area (TPSA) is 71.5 Å². The zero-order valence-corrected chi connectivity index (χ0v) is 10.1. The fraction of sp³-hybridized carbons (Fsp3) is 0.250. The number of anilines is 1. The predicted octanol–water partition coefficient (Wildman–Crippen LogP) is 1.41. The Hall–Kier alpha value is -2.37. The van der Waals surface area contributed by atoms with Crippen LogP contribution < -0.4 is 19.9 Å². The van der Waals surface area contributed by atoms with Gasteiger partial charge in [-0.15, -0.1) is 0 Å². The third kappa shape index (κ3) is 1.46. The van der Waals surface area contributed by atoms with Gasteiger partial charge in [-0.25, -0.2) is 0 Å². The molecule has 3 rings (SSSR count). The molecule has 1 aromatic carbocycles. The second kappa shape index (κ2) is 3.83. The van der Waals surface area contributed by atoms with Gasteiger partial charge in [-0.2, -0.15) is 5.10 Å². The Balaban J connectivity index is 2.23. The molecule has 0 spiro atoms. The summed E-state index contributed by atoms with van der Waals surface area (Å²) in [5.41, 5.74) is 7.27. The molecule has 0 aliphatic carbocycles. The summed E-state index contributed by atoms with van der Waals surface area (Å²) in [6, 6.07) is 5.42. The van der Waals surface area contributed by atoms with Crippen molar-refractivity contribution in [1.29, 1.82) is 0 Å². The Morgan fingerprint density at radius 1 is 1.39 bits per heavy atom. The minimum Gasteiger partial charge on any atom is -0.496 e. The summed E-state index contributed by atoms with van der Waals surface area (Å²) in [6.07, 6.45) is 0. The molecule has 2 N–H and O–H groups in total. The van der Waals surface area contributed by atoms with Crippen molar-refractivity contribution >= 4 is 5.82 Å². The second-order valence-electron chi connectivity index (χ2n) is 3.95. The average Bonchev–Trinajstić information content (AvgIpc) is 2.95. The lowest BCUT2D eigenvalue weighted by molar-refractivity contribution is 0.174. The standard InChI is InChI=1S/C12H13N3O3/c1-15-10(13)5-7(14-15)11-8(16-2)3-4-9-12(11)18-6-17-9/h3-5H,6,13H2,1-2H3. The van der Waals surface area contributed by atoms with Crippen molar-refractivity contribution in [2.24, 2.45) is 7.05 Å². The quantitative estimate of drug-likeness (QED) is 0.868. The first kappa shape index (κ1) is 10.8. The first-order valence-electron chi connectivity index (χ1n) is 5.47. The van der Waals surface area contributed by atoms with Gasteiger partial charge < -0.3 is 19.9 Å². The molecule has 0 amide bonds. The van der Waals surface area contributed by atoms with E-state index in [-0.39, 0.29) is 6.79 Å². The fourth-order valence-electron chi connectivity index (χ4n) is 1.97. The van der Waals surface area contributed by atoms with E-state index < -0.39 is 0 Å². The van der Waals surface area contributed by atoms with Gasteiger partial charge in [-0.1, -0.05) is 0 Å². The number of nitrogens with two attached hydrogens (primary N) is 1. The number of aryl methyl sites for hydroxylation is 1. The Bertz CT molecular complexity index is 587. The van der Waals surface area contributed by atoms with Crippen LogP contribution in [0.2, 0.25) is 0 Å². The van der Waals surface area contributed by atoms with Crippen molar-refractivity contribution < 1.29 is 14.2 Å². The molecule has 0 saturated carbocycles. The van der Waals surface area contributed by atoms with E-state index in [4.69, 9.17) is 19.9 Å². The van der Waals surface area contributed by atoms with Crippen molar-refractivity contribution in [2.45, 2.75) is 0 Å². The number of benzene rings is 1. The summed E-state index contributed by atoms with van der Waals surface area (Å²) in [4.78, 5) is 0. The SMILES string of the molecule is COc1ccc2c(c1-c1cc(N)n(C)n1)OCO2. The monoisotopic (exact) mass is 247 g/mol. The average molecular weight is 247 g/mol. The van der Waals surface area contributed by atoms with Crippen LogP contribution in [0.3, 0.4) is 0 Å². The number of nitrogen functional groups attached to an aromatic ring is 1. The summed E-state index contributed by atoms with van der Waals surface area (Å²) in [5, 5.41) is 4.34. The van der Waals surface area contributed by atoms with Crippen LogP contribution >= 0.6 is 0 Å². The summed E-state index contributed by atoms with van der Waals surface area (Å²) in [6.45, 7) is 0.206. The van der Waals surface area contributed by atoms with Crippen LogP contribution in [-0.2, 0) is 7.05 Å². The van der Waals surface area contributed by atoms with Crippen molar-refractivity contribution in [3.05, 3.63) is 18.2 Å². The lowest BCUT2D eigenvalue weighted by Gasteiger charge is -2.08. The molecular weight excluding hydrogens is 234 g/mol. The third-order valence-electron chi connectivity index (χ3n) is 2.89. The van der Waals surface area contributed by atoms with Crippen LogP contribution in [0, 0.1) is 0 Å². The van der Waals surface area contributed by atoms with Crippen LogP contribution in [0.15, 0.2) is 18.2 Å². The highest BCUT2D eigenvalue weighted by Gasteiger charge is 2.24. The number of fused-ring (bicyclic) bond motifs is 1. The van der Waals surface area contributed by atoms with E-state index >= 15 is 0 Å². The van der Waals surface area contributed by atoms with Crippen LogP contribution in [0.1, 0.15) is 0 Å². The first-order chi connectivity index (χ1) is 8.70. The fourth-order valence-corrected chi connectivity index (χ4v) is 1.97. The Morgan fingerprint density at radius 3 is 2.89 bits per heavy atom. The van der Waals surface area contributed by atoms with Crippen LogP contribution in [0.25, 0.3) is 11.3 Å². The molecular formula is C12H13N3O3. The molecule has 94 valence electrons. The van der Waals surface area contributed by atoms with E-state index in [0.29, 0.717) is 28.8 Å². The van der Waals surface area contributed by atoms with Crippen LogP contribution in [-0.4, -0.2) is 23.7 Å². The van der Waals surface area contributed by atoms with Gasteiger partial charge in [0.05, 0.1) is 12.7 Å². The number of methoxy groups -OCH3 is 1. The summed E-state index contributed by atoms with van der Waals surface area (Å²) >= 11 is 0. The Labute approximate surface area is 104 Å². The largest absolute Gasteiger partial charge is 0.496 e. The zero-order valence-electron chi connectivity index (χ0n) is 10.1. The molecule has 18 heavy (non-hydrogen) atoms. The molecule has 0 atom stereocenters. The van der Waals surface area contributed by atoms with Crippen LogP contribution in [0.4, 0.5) is 5.82 Å². The maximum atomic E-state index is 5.80. The molecule has 0 fully saturated rings. The van der Waals surface area contributed by atoms with Gasteiger partial charge in [-0.3, -0.25) is 4.68 Å². The van der Waals surface area contributed by atoms with Crippen molar-refractivity contribution in [3.63, 3.8) is 0 Å². The number of hydrogen-bond acceptors (Lipinski definition) is 5. The van der Waals surface area contributed by atoms with Gasteiger partial charge in [0.25, 0.3) is 0 Å². The molecule has 1 aliphatic heterocycles. The lowest BCUT2D eigenvalue weighted by Crippen LogP contribution is -1.97. The molecule has 2 aromatic rings. The summed E-state index contributed by atoms with van der Waals surface area (Å²) in [5.74, 6) is 2.59. The van der Waals surface area contributed by atoms with E-state index in [1.54, 1.807) is 24.9 Å². The van der Waals surface area contributed by atoms with E-state index in [1.165, 1.54) is 0 Å². The van der Waals surface area contributed by atoms with Gasteiger partial charge in [0.15, 0.2) is 11.5 Å². The Morgan fingerprint density at radius 2 is 2.22 bits per heavy atom. The van der Waals surface area contributed by atoms with Gasteiger partial charge in [0.1, 0.15) is 17.3 Å². The minimum absolute atomic E-state index is 0.206. The van der Waals surface area contributed by atoms with Gasteiger partial charge in [0.2, 0.25) is 6.79 Å². The maximum Gasteiger partial charge on any atom is 0.231 e. The highest BCUT2D eigenvalue weighted by molar-refractivity contribution is 5.79. The van der Waals surface area contributed by atoms with Gasteiger partial charge in [0, 0.05) is 13.1 Å². The highest BCUT2D eigenvalue weighted by atomic mass is 16.7. The van der Waals surface area contributed by atoms with E-state index in [0.717, 1.165) is 5.56 Å². The molecule has 1 aromatic heterocycles. The number of nitrogens with zero attached hydrogens (tertiary/aromatic N) is 2.